The summed E-state index contributed by atoms with van der Waals surface area (Å²) in [6.07, 6.45) is 1.61. The van der Waals surface area contributed by atoms with Crippen LogP contribution in [0.2, 0.25) is 0 Å². The predicted molar refractivity (Wildman–Crippen MR) is 80.4 cm³/mol. The fourth-order valence-corrected chi connectivity index (χ4v) is 1.75. The van der Waals surface area contributed by atoms with Crippen molar-refractivity contribution in [2.45, 2.75) is 6.92 Å². The van der Waals surface area contributed by atoms with Gasteiger partial charge in [-0.05, 0) is 36.8 Å². The SMILES string of the molecule is Cc1ccc(C(=O)N/N=C\c2ccc(Br)cc2)cc1. The highest BCUT2D eigenvalue weighted by atomic mass is 79.9. The van der Waals surface area contributed by atoms with Gasteiger partial charge in [-0.2, -0.15) is 5.10 Å². The molecule has 2 aromatic carbocycles. The summed E-state index contributed by atoms with van der Waals surface area (Å²) >= 11 is 3.36. The first-order chi connectivity index (χ1) is 9.15. The normalized spacial score (nSPS) is 10.6. The number of halogens is 1. The van der Waals surface area contributed by atoms with Crippen LogP contribution in [0.3, 0.4) is 0 Å². The molecular weight excluding hydrogens is 304 g/mol. The van der Waals surface area contributed by atoms with E-state index in [0.717, 1.165) is 15.6 Å². The molecular formula is C15H13BrN2O. The van der Waals surface area contributed by atoms with Crippen LogP contribution in [0.1, 0.15) is 21.5 Å². The van der Waals surface area contributed by atoms with Gasteiger partial charge in [0, 0.05) is 10.0 Å². The molecule has 0 aliphatic carbocycles. The number of benzene rings is 2. The number of hydrogen-bond acceptors (Lipinski definition) is 2. The summed E-state index contributed by atoms with van der Waals surface area (Å²) in [5, 5.41) is 3.93. The highest BCUT2D eigenvalue weighted by Crippen LogP contribution is 2.09. The number of carbonyl (C=O) groups excluding carboxylic acids is 1. The van der Waals surface area contributed by atoms with Gasteiger partial charge in [-0.3, -0.25) is 4.79 Å². The van der Waals surface area contributed by atoms with Crippen molar-refractivity contribution in [3.63, 3.8) is 0 Å². The smallest absolute Gasteiger partial charge is 0.267 e. The van der Waals surface area contributed by atoms with Gasteiger partial charge in [-0.1, -0.05) is 45.8 Å². The molecule has 3 nitrogen and oxygen atoms in total. The topological polar surface area (TPSA) is 41.5 Å². The van der Waals surface area contributed by atoms with Gasteiger partial charge in [0.25, 0.3) is 5.91 Å². The van der Waals surface area contributed by atoms with Crippen LogP contribution < -0.4 is 5.43 Å². The number of hydrazone groups is 1. The van der Waals surface area contributed by atoms with E-state index in [4.69, 9.17) is 0 Å². The lowest BCUT2D eigenvalue weighted by atomic mass is 10.1. The van der Waals surface area contributed by atoms with Gasteiger partial charge in [0.15, 0.2) is 0 Å². The van der Waals surface area contributed by atoms with Gasteiger partial charge in [0.2, 0.25) is 0 Å². The molecule has 0 fully saturated rings. The summed E-state index contributed by atoms with van der Waals surface area (Å²) in [5.41, 5.74) is 5.14. The third-order valence-electron chi connectivity index (χ3n) is 2.56. The first-order valence-electron chi connectivity index (χ1n) is 5.81. The van der Waals surface area contributed by atoms with Gasteiger partial charge in [-0.15, -0.1) is 0 Å². The van der Waals surface area contributed by atoms with E-state index in [-0.39, 0.29) is 5.91 Å². The molecule has 1 N–H and O–H groups in total. The monoisotopic (exact) mass is 316 g/mol. The number of carbonyl (C=O) groups is 1. The van der Waals surface area contributed by atoms with Crippen molar-refractivity contribution >= 4 is 28.1 Å². The Labute approximate surface area is 120 Å². The summed E-state index contributed by atoms with van der Waals surface area (Å²) in [6, 6.07) is 15.0. The summed E-state index contributed by atoms with van der Waals surface area (Å²) in [6.45, 7) is 1.98. The molecule has 0 radical (unpaired) electrons. The maximum absolute atomic E-state index is 11.8. The minimum atomic E-state index is -0.214. The lowest BCUT2D eigenvalue weighted by Crippen LogP contribution is -2.17. The fraction of sp³-hybridized carbons (Fsp3) is 0.0667. The van der Waals surface area contributed by atoms with Crippen LogP contribution >= 0.6 is 15.9 Å². The zero-order valence-electron chi connectivity index (χ0n) is 10.4. The Morgan fingerprint density at radius 1 is 1.11 bits per heavy atom. The van der Waals surface area contributed by atoms with E-state index in [9.17, 15) is 4.79 Å². The molecule has 0 bridgehead atoms. The first kappa shape index (κ1) is 13.5. The van der Waals surface area contributed by atoms with E-state index in [1.807, 2.05) is 43.3 Å². The highest BCUT2D eigenvalue weighted by Gasteiger charge is 2.02. The predicted octanol–water partition coefficient (Wildman–Crippen LogP) is 3.52. The Morgan fingerprint density at radius 2 is 1.74 bits per heavy atom. The second-order valence-corrected chi connectivity index (χ2v) is 5.03. The number of hydrogen-bond donors (Lipinski definition) is 1. The van der Waals surface area contributed by atoms with Crippen molar-refractivity contribution < 1.29 is 4.79 Å². The zero-order valence-corrected chi connectivity index (χ0v) is 12.0. The fourth-order valence-electron chi connectivity index (χ4n) is 1.48. The van der Waals surface area contributed by atoms with Crippen LogP contribution in [-0.4, -0.2) is 12.1 Å². The molecule has 0 heterocycles. The van der Waals surface area contributed by atoms with Crippen molar-refractivity contribution in [3.05, 3.63) is 69.7 Å². The molecule has 0 unspecified atom stereocenters. The van der Waals surface area contributed by atoms with Crippen LogP contribution in [0.25, 0.3) is 0 Å². The number of aryl methyl sites for hydroxylation is 1. The molecule has 0 atom stereocenters. The lowest BCUT2D eigenvalue weighted by Gasteiger charge is -2.00. The van der Waals surface area contributed by atoms with Crippen molar-refractivity contribution in [1.82, 2.24) is 5.43 Å². The maximum atomic E-state index is 11.8. The van der Waals surface area contributed by atoms with E-state index in [1.165, 1.54) is 0 Å². The summed E-state index contributed by atoms with van der Waals surface area (Å²) in [7, 11) is 0. The minimum absolute atomic E-state index is 0.214. The van der Waals surface area contributed by atoms with Gasteiger partial charge >= 0.3 is 0 Å². The Bertz CT molecular complexity index is 589. The van der Waals surface area contributed by atoms with Crippen LogP contribution in [0.4, 0.5) is 0 Å². The summed E-state index contributed by atoms with van der Waals surface area (Å²) in [4.78, 5) is 11.8. The van der Waals surface area contributed by atoms with E-state index >= 15 is 0 Å². The minimum Gasteiger partial charge on any atom is -0.267 e. The third kappa shape index (κ3) is 4.03. The summed E-state index contributed by atoms with van der Waals surface area (Å²) < 4.78 is 1.01. The third-order valence-corrected chi connectivity index (χ3v) is 3.09. The van der Waals surface area contributed by atoms with Crippen LogP contribution in [-0.2, 0) is 0 Å². The van der Waals surface area contributed by atoms with E-state index in [0.29, 0.717) is 5.56 Å². The van der Waals surface area contributed by atoms with Crippen molar-refractivity contribution in [1.29, 1.82) is 0 Å². The molecule has 0 saturated heterocycles. The van der Waals surface area contributed by atoms with Gasteiger partial charge in [-0.25, -0.2) is 5.43 Å². The number of amides is 1. The van der Waals surface area contributed by atoms with Gasteiger partial charge in [0.05, 0.1) is 6.21 Å². The highest BCUT2D eigenvalue weighted by molar-refractivity contribution is 9.10. The standard InChI is InChI=1S/C15H13BrN2O/c1-11-2-6-13(7-3-11)15(19)18-17-10-12-4-8-14(16)9-5-12/h2-10H,1H3,(H,18,19)/b17-10-. The molecule has 4 heteroatoms. The maximum Gasteiger partial charge on any atom is 0.271 e. The largest absolute Gasteiger partial charge is 0.271 e. The van der Waals surface area contributed by atoms with Crippen molar-refractivity contribution in [2.24, 2.45) is 5.10 Å². The molecule has 19 heavy (non-hydrogen) atoms. The molecule has 0 spiro atoms. The molecule has 0 aromatic heterocycles. The van der Waals surface area contributed by atoms with Crippen molar-refractivity contribution in [3.8, 4) is 0 Å². The van der Waals surface area contributed by atoms with Gasteiger partial charge < -0.3 is 0 Å². The second-order valence-electron chi connectivity index (χ2n) is 4.12. The first-order valence-corrected chi connectivity index (χ1v) is 6.60. The molecule has 0 saturated carbocycles. The van der Waals surface area contributed by atoms with E-state index < -0.39 is 0 Å². The molecule has 2 rings (SSSR count). The zero-order chi connectivity index (χ0) is 13.7. The molecule has 2 aromatic rings. The summed E-state index contributed by atoms with van der Waals surface area (Å²) in [5.74, 6) is -0.214. The van der Waals surface area contributed by atoms with Crippen LogP contribution in [0, 0.1) is 6.92 Å². The van der Waals surface area contributed by atoms with Gasteiger partial charge in [0.1, 0.15) is 0 Å². The van der Waals surface area contributed by atoms with E-state index in [2.05, 4.69) is 26.5 Å². The lowest BCUT2D eigenvalue weighted by molar-refractivity contribution is 0.0955. The Hall–Kier alpha value is -1.94. The molecule has 96 valence electrons. The van der Waals surface area contributed by atoms with Crippen LogP contribution in [0.15, 0.2) is 58.1 Å². The Morgan fingerprint density at radius 3 is 2.37 bits per heavy atom. The quantitative estimate of drug-likeness (QED) is 0.683. The molecule has 0 aliphatic heterocycles. The average Bonchev–Trinajstić information content (AvgIpc) is 2.41. The Balaban J connectivity index is 1.96. The van der Waals surface area contributed by atoms with Crippen molar-refractivity contribution in [2.75, 3.05) is 0 Å². The number of nitrogens with one attached hydrogen (secondary N) is 1. The Kier molecular flexibility index (Phi) is 4.47. The molecule has 1 amide bonds. The van der Waals surface area contributed by atoms with E-state index in [1.54, 1.807) is 18.3 Å². The number of nitrogens with zero attached hydrogens (tertiary/aromatic N) is 1. The number of rotatable bonds is 3. The van der Waals surface area contributed by atoms with Crippen LogP contribution in [0.5, 0.6) is 0 Å². The molecule has 0 aliphatic rings. The second kappa shape index (κ2) is 6.29. The average molecular weight is 317 g/mol.